The van der Waals surface area contributed by atoms with Crippen molar-refractivity contribution in [1.29, 1.82) is 0 Å². The van der Waals surface area contributed by atoms with Gasteiger partial charge in [0.25, 0.3) is 0 Å². The standard InChI is InChI=1S/C27H34N4O7/c1-17(2)23(31-27(36)38-16-18-7-4-3-5-8-18)26(35)30-22(14-21-9-6-12-37-21)25(34)29-20(15-32)13-19-10-11-28-24(19)33/h3-9,12,15,17,19-20,22-23H,10-11,13-14,16H2,1-2H3,(H,28,33)(H,29,34)(H,30,35)(H,31,36)/t19-,20-,22-,23-/m0/s1. The fraction of sp³-hybridized carbons (Fsp3) is 0.444. The van der Waals surface area contributed by atoms with Crippen LogP contribution >= 0.6 is 0 Å². The van der Waals surface area contributed by atoms with Crippen LogP contribution in [0.15, 0.2) is 53.1 Å². The summed E-state index contributed by atoms with van der Waals surface area (Å²) in [6.07, 6.45) is 2.00. The molecule has 38 heavy (non-hydrogen) atoms. The maximum atomic E-state index is 13.2. The fourth-order valence-corrected chi connectivity index (χ4v) is 4.14. The van der Waals surface area contributed by atoms with Crippen molar-refractivity contribution in [3.8, 4) is 0 Å². The van der Waals surface area contributed by atoms with Gasteiger partial charge in [0.15, 0.2) is 0 Å². The van der Waals surface area contributed by atoms with Crippen LogP contribution in [0.4, 0.5) is 4.79 Å². The van der Waals surface area contributed by atoms with E-state index in [9.17, 15) is 24.0 Å². The van der Waals surface area contributed by atoms with Crippen LogP contribution in [0.1, 0.15) is 38.0 Å². The van der Waals surface area contributed by atoms with Crippen LogP contribution in [0.2, 0.25) is 0 Å². The van der Waals surface area contributed by atoms with Gasteiger partial charge >= 0.3 is 6.09 Å². The number of carbonyl (C=O) groups is 5. The Bertz CT molecular complexity index is 1090. The van der Waals surface area contributed by atoms with Gasteiger partial charge in [0.1, 0.15) is 30.7 Å². The molecule has 4 amide bonds. The zero-order valence-electron chi connectivity index (χ0n) is 21.5. The summed E-state index contributed by atoms with van der Waals surface area (Å²) in [7, 11) is 0. The second-order valence-electron chi connectivity index (χ2n) is 9.54. The third kappa shape index (κ3) is 8.46. The molecule has 1 fully saturated rings. The number of rotatable bonds is 13. The van der Waals surface area contributed by atoms with Gasteiger partial charge in [-0.05, 0) is 36.5 Å². The molecule has 0 radical (unpaired) electrons. The van der Waals surface area contributed by atoms with Crippen molar-refractivity contribution < 1.29 is 33.1 Å². The lowest BCUT2D eigenvalue weighted by Gasteiger charge is -2.26. The predicted molar refractivity (Wildman–Crippen MR) is 136 cm³/mol. The number of alkyl carbamates (subject to hydrolysis) is 1. The Labute approximate surface area is 221 Å². The normalized spacial score (nSPS) is 17.1. The zero-order chi connectivity index (χ0) is 27.5. The van der Waals surface area contributed by atoms with Crippen LogP contribution in [0.25, 0.3) is 0 Å². The van der Waals surface area contributed by atoms with Gasteiger partial charge in [-0.15, -0.1) is 0 Å². The van der Waals surface area contributed by atoms with E-state index in [-0.39, 0.29) is 37.2 Å². The Morgan fingerprint density at radius 1 is 1.08 bits per heavy atom. The topological polar surface area (TPSA) is 156 Å². The van der Waals surface area contributed by atoms with Crippen molar-refractivity contribution in [2.75, 3.05) is 6.54 Å². The molecular weight excluding hydrogens is 492 g/mol. The molecule has 11 heteroatoms. The van der Waals surface area contributed by atoms with E-state index in [2.05, 4.69) is 21.3 Å². The molecule has 3 rings (SSSR count). The smallest absolute Gasteiger partial charge is 0.408 e. The first-order chi connectivity index (χ1) is 18.3. The summed E-state index contributed by atoms with van der Waals surface area (Å²) in [5.41, 5.74) is 0.795. The molecule has 204 valence electrons. The minimum Gasteiger partial charge on any atom is -0.469 e. The Balaban J connectivity index is 1.64. The number of amides is 4. The third-order valence-electron chi connectivity index (χ3n) is 6.25. The van der Waals surface area contributed by atoms with Crippen LogP contribution in [-0.2, 0) is 36.9 Å². The molecule has 1 aromatic heterocycles. The monoisotopic (exact) mass is 526 g/mol. The summed E-state index contributed by atoms with van der Waals surface area (Å²) in [5.74, 6) is -1.62. The lowest BCUT2D eigenvalue weighted by atomic mass is 9.98. The van der Waals surface area contributed by atoms with E-state index in [0.29, 0.717) is 25.0 Å². The average Bonchev–Trinajstić information content (AvgIpc) is 3.57. The molecule has 1 aliphatic rings. The van der Waals surface area contributed by atoms with Gasteiger partial charge < -0.3 is 35.2 Å². The van der Waals surface area contributed by atoms with Crippen LogP contribution in [0, 0.1) is 11.8 Å². The van der Waals surface area contributed by atoms with Crippen LogP contribution in [0.3, 0.4) is 0 Å². The van der Waals surface area contributed by atoms with Crippen LogP contribution in [-0.4, -0.2) is 54.8 Å². The zero-order valence-corrected chi connectivity index (χ0v) is 21.5. The second kappa shape index (κ2) is 14.0. The van der Waals surface area contributed by atoms with Gasteiger partial charge in [-0.25, -0.2) is 4.79 Å². The third-order valence-corrected chi connectivity index (χ3v) is 6.25. The molecule has 2 aromatic rings. The molecule has 1 aromatic carbocycles. The minimum absolute atomic E-state index is 0.0172. The highest BCUT2D eigenvalue weighted by Crippen LogP contribution is 2.16. The number of hydrogen-bond acceptors (Lipinski definition) is 7. The van der Waals surface area contributed by atoms with Gasteiger partial charge in [0.05, 0.1) is 12.3 Å². The van der Waals surface area contributed by atoms with Crippen molar-refractivity contribution in [2.45, 2.75) is 57.8 Å². The van der Waals surface area contributed by atoms with E-state index < -0.39 is 36.0 Å². The SMILES string of the molecule is CC(C)[C@H](NC(=O)OCc1ccccc1)C(=O)N[C@@H](Cc1ccco1)C(=O)N[C@H](C=O)C[C@@H]1CCNC1=O. The molecule has 4 N–H and O–H groups in total. The Morgan fingerprint density at radius 3 is 2.45 bits per heavy atom. The molecule has 0 saturated carbocycles. The number of nitrogens with one attached hydrogen (secondary N) is 4. The van der Waals surface area contributed by atoms with Crippen molar-refractivity contribution >= 4 is 30.1 Å². The van der Waals surface area contributed by atoms with Gasteiger partial charge in [0.2, 0.25) is 17.7 Å². The summed E-state index contributed by atoms with van der Waals surface area (Å²) in [5, 5.41) is 10.6. The molecular formula is C27H34N4O7. The van der Waals surface area contributed by atoms with E-state index in [4.69, 9.17) is 9.15 Å². The molecule has 0 aliphatic carbocycles. The maximum absolute atomic E-state index is 13.2. The molecule has 0 spiro atoms. The number of hydrogen-bond donors (Lipinski definition) is 4. The van der Waals surface area contributed by atoms with Gasteiger partial charge in [-0.1, -0.05) is 44.2 Å². The number of carbonyl (C=O) groups excluding carboxylic acids is 5. The van der Waals surface area contributed by atoms with Crippen molar-refractivity contribution in [1.82, 2.24) is 21.3 Å². The van der Waals surface area contributed by atoms with Crippen molar-refractivity contribution in [2.24, 2.45) is 11.8 Å². The average molecular weight is 527 g/mol. The molecule has 2 heterocycles. The Kier molecular flexibility index (Phi) is 10.4. The van der Waals surface area contributed by atoms with Crippen molar-refractivity contribution in [3.63, 3.8) is 0 Å². The van der Waals surface area contributed by atoms with Crippen LogP contribution in [0.5, 0.6) is 0 Å². The predicted octanol–water partition coefficient (Wildman–Crippen LogP) is 1.47. The van der Waals surface area contributed by atoms with Crippen molar-refractivity contribution in [3.05, 3.63) is 60.1 Å². The largest absolute Gasteiger partial charge is 0.469 e. The highest BCUT2D eigenvalue weighted by Gasteiger charge is 2.32. The number of furan rings is 1. The molecule has 0 unspecified atom stereocenters. The highest BCUT2D eigenvalue weighted by molar-refractivity contribution is 5.92. The molecule has 1 aliphatic heterocycles. The highest BCUT2D eigenvalue weighted by atomic mass is 16.5. The first-order valence-electron chi connectivity index (χ1n) is 12.6. The quantitative estimate of drug-likeness (QED) is 0.288. The first-order valence-corrected chi connectivity index (χ1v) is 12.6. The fourth-order valence-electron chi connectivity index (χ4n) is 4.14. The first kappa shape index (κ1) is 28.4. The van der Waals surface area contributed by atoms with E-state index in [1.165, 1.54) is 6.26 Å². The van der Waals surface area contributed by atoms with Crippen LogP contribution < -0.4 is 21.3 Å². The molecule has 1 saturated heterocycles. The summed E-state index contributed by atoms with van der Waals surface area (Å²) in [6, 6.07) is 9.43. The lowest BCUT2D eigenvalue weighted by Crippen LogP contribution is -2.57. The van der Waals surface area contributed by atoms with E-state index in [1.54, 1.807) is 26.0 Å². The maximum Gasteiger partial charge on any atom is 0.408 e. The van der Waals surface area contributed by atoms with E-state index in [0.717, 1.165) is 5.56 Å². The molecule has 11 nitrogen and oxygen atoms in total. The lowest BCUT2D eigenvalue weighted by molar-refractivity contribution is -0.131. The summed E-state index contributed by atoms with van der Waals surface area (Å²) in [4.78, 5) is 62.3. The van der Waals surface area contributed by atoms with Gasteiger partial charge in [-0.2, -0.15) is 0 Å². The summed E-state index contributed by atoms with van der Waals surface area (Å²) < 4.78 is 10.6. The second-order valence-corrected chi connectivity index (χ2v) is 9.54. The number of aldehydes is 1. The minimum atomic E-state index is -1.10. The van der Waals surface area contributed by atoms with Gasteiger partial charge in [-0.3, -0.25) is 14.4 Å². The summed E-state index contributed by atoms with van der Waals surface area (Å²) >= 11 is 0. The molecule has 0 bridgehead atoms. The van der Waals surface area contributed by atoms with Gasteiger partial charge in [0, 0.05) is 18.9 Å². The number of benzene rings is 1. The summed E-state index contributed by atoms with van der Waals surface area (Å²) in [6.45, 7) is 4.06. The van der Waals surface area contributed by atoms with E-state index >= 15 is 0 Å². The molecule has 4 atom stereocenters. The number of ether oxygens (including phenoxy) is 1. The Morgan fingerprint density at radius 2 is 1.84 bits per heavy atom. The Hall–Kier alpha value is -4.15. The van der Waals surface area contributed by atoms with E-state index in [1.807, 2.05) is 30.3 Å².